The lowest BCUT2D eigenvalue weighted by Gasteiger charge is -2.20. The second kappa shape index (κ2) is 10.6. The predicted molar refractivity (Wildman–Crippen MR) is 103 cm³/mol. The van der Waals surface area contributed by atoms with Crippen LogP contribution >= 0.6 is 0 Å². The van der Waals surface area contributed by atoms with Crippen molar-refractivity contribution in [3.05, 3.63) is 58.6 Å². The molecule has 0 aliphatic rings. The van der Waals surface area contributed by atoms with Gasteiger partial charge in [-0.1, -0.05) is 37.3 Å². The van der Waals surface area contributed by atoms with Crippen molar-refractivity contribution in [3.63, 3.8) is 0 Å². The van der Waals surface area contributed by atoms with E-state index >= 15 is 0 Å². The second-order valence-electron chi connectivity index (χ2n) is 6.12. The molecule has 0 bridgehead atoms. The molecule has 154 valence electrons. The Morgan fingerprint density at radius 2 is 1.93 bits per heavy atom. The van der Waals surface area contributed by atoms with Crippen molar-refractivity contribution in [1.82, 2.24) is 14.5 Å². The number of carboxylic acid groups (broad SMARTS) is 1. The highest BCUT2D eigenvalue weighted by Gasteiger charge is 2.17. The van der Waals surface area contributed by atoms with Crippen LogP contribution in [0.5, 0.6) is 0 Å². The Morgan fingerprint density at radius 1 is 1.21 bits per heavy atom. The van der Waals surface area contributed by atoms with Crippen LogP contribution < -0.4 is 11.0 Å². The molecule has 0 aliphatic carbocycles. The molecular weight excluding hydrogens is 380 g/mol. The van der Waals surface area contributed by atoms with Crippen molar-refractivity contribution >= 4 is 23.8 Å². The zero-order valence-corrected chi connectivity index (χ0v) is 15.9. The topological polar surface area (TPSA) is 131 Å². The van der Waals surface area contributed by atoms with Crippen molar-refractivity contribution < 1.29 is 24.2 Å². The van der Waals surface area contributed by atoms with Gasteiger partial charge in [-0.25, -0.2) is 9.59 Å². The van der Waals surface area contributed by atoms with Crippen molar-refractivity contribution in [1.29, 1.82) is 0 Å². The fourth-order valence-electron chi connectivity index (χ4n) is 2.45. The molecule has 29 heavy (non-hydrogen) atoms. The summed E-state index contributed by atoms with van der Waals surface area (Å²) in [7, 11) is 0. The molecule has 0 saturated heterocycles. The van der Waals surface area contributed by atoms with Crippen LogP contribution in [0.1, 0.15) is 18.9 Å². The molecule has 0 spiro atoms. The quantitative estimate of drug-likeness (QED) is 0.647. The summed E-state index contributed by atoms with van der Waals surface area (Å²) >= 11 is 0. The number of anilines is 1. The van der Waals surface area contributed by atoms with E-state index in [9.17, 15) is 19.2 Å². The summed E-state index contributed by atoms with van der Waals surface area (Å²) in [6.45, 7) is 1.35. The molecule has 1 heterocycles. The van der Waals surface area contributed by atoms with Gasteiger partial charge in [-0.3, -0.25) is 19.5 Å². The normalized spacial score (nSPS) is 10.2. The van der Waals surface area contributed by atoms with Gasteiger partial charge in [0.25, 0.3) is 0 Å². The number of aromatic nitrogens is 2. The van der Waals surface area contributed by atoms with Gasteiger partial charge < -0.3 is 14.7 Å². The number of carbonyl (C=O) groups excluding carboxylic acids is 2. The monoisotopic (exact) mass is 402 g/mol. The number of carbonyl (C=O) groups is 3. The van der Waals surface area contributed by atoms with Crippen molar-refractivity contribution in [3.8, 4) is 0 Å². The van der Waals surface area contributed by atoms with Gasteiger partial charge >= 0.3 is 17.8 Å². The number of rotatable bonds is 9. The minimum Gasteiger partial charge on any atom is -0.480 e. The first-order valence-electron chi connectivity index (χ1n) is 8.93. The minimum absolute atomic E-state index is 0.0206. The Morgan fingerprint density at radius 3 is 2.55 bits per heavy atom. The maximum absolute atomic E-state index is 12.3. The number of aliphatic carboxylic acids is 1. The fraction of sp³-hybridized carbons (Fsp3) is 0.316. The van der Waals surface area contributed by atoms with Gasteiger partial charge in [0.05, 0.1) is 0 Å². The van der Waals surface area contributed by atoms with Gasteiger partial charge in [-0.15, -0.1) is 0 Å². The first kappa shape index (κ1) is 21.6. The number of nitrogens with zero attached hydrogens (tertiary/aromatic N) is 3. The Bertz CT molecular complexity index is 912. The number of carboxylic acids is 1. The van der Waals surface area contributed by atoms with Crippen LogP contribution in [0, 0.1) is 0 Å². The SMILES string of the molecule is CCCN(CC(=O)O)C(=O)Cn1ccc(NC(=O)OCc2ccccc2)nc1=O. The number of hydrogen-bond donors (Lipinski definition) is 2. The number of benzene rings is 1. The summed E-state index contributed by atoms with van der Waals surface area (Å²) in [6, 6.07) is 10.4. The molecule has 0 radical (unpaired) electrons. The molecule has 0 atom stereocenters. The van der Waals surface area contributed by atoms with E-state index in [0.29, 0.717) is 6.42 Å². The summed E-state index contributed by atoms with van der Waals surface area (Å²) in [5, 5.41) is 11.2. The smallest absolute Gasteiger partial charge is 0.413 e. The fourth-order valence-corrected chi connectivity index (χ4v) is 2.45. The van der Waals surface area contributed by atoms with Crippen molar-refractivity contribution in [2.24, 2.45) is 0 Å². The van der Waals surface area contributed by atoms with Crippen LogP contribution in [0.25, 0.3) is 0 Å². The van der Waals surface area contributed by atoms with Gasteiger partial charge in [0.15, 0.2) is 0 Å². The van der Waals surface area contributed by atoms with Crippen LogP contribution in [-0.2, 0) is 27.5 Å². The van der Waals surface area contributed by atoms with Crippen LogP contribution in [-0.4, -0.2) is 50.6 Å². The maximum Gasteiger partial charge on any atom is 0.413 e. The number of amides is 2. The lowest BCUT2D eigenvalue weighted by Crippen LogP contribution is -2.40. The molecule has 0 unspecified atom stereocenters. The van der Waals surface area contributed by atoms with E-state index in [2.05, 4.69) is 10.3 Å². The lowest BCUT2D eigenvalue weighted by atomic mass is 10.2. The third-order valence-corrected chi connectivity index (χ3v) is 3.79. The van der Waals surface area contributed by atoms with Crippen LogP contribution in [0.3, 0.4) is 0 Å². The number of ether oxygens (including phenoxy) is 1. The Labute approximate surface area is 166 Å². The van der Waals surface area contributed by atoms with E-state index in [1.54, 1.807) is 12.1 Å². The molecular formula is C19H22N4O6. The molecule has 10 nitrogen and oxygen atoms in total. The van der Waals surface area contributed by atoms with E-state index in [1.165, 1.54) is 12.3 Å². The molecule has 0 saturated carbocycles. The molecule has 2 rings (SSSR count). The largest absolute Gasteiger partial charge is 0.480 e. The van der Waals surface area contributed by atoms with Crippen LogP contribution in [0.4, 0.5) is 10.6 Å². The molecule has 0 aliphatic heterocycles. The number of nitrogens with one attached hydrogen (secondary N) is 1. The van der Waals surface area contributed by atoms with Gasteiger partial charge in [-0.2, -0.15) is 4.98 Å². The molecule has 0 fully saturated rings. The Hall–Kier alpha value is -3.69. The third kappa shape index (κ3) is 7.09. The highest BCUT2D eigenvalue weighted by atomic mass is 16.5. The molecule has 10 heteroatoms. The van der Waals surface area contributed by atoms with Crippen molar-refractivity contribution in [2.75, 3.05) is 18.4 Å². The summed E-state index contributed by atoms with van der Waals surface area (Å²) < 4.78 is 6.08. The molecule has 1 aromatic heterocycles. The molecule has 2 aromatic rings. The summed E-state index contributed by atoms with van der Waals surface area (Å²) in [4.78, 5) is 51.9. The van der Waals surface area contributed by atoms with Crippen LogP contribution in [0.15, 0.2) is 47.4 Å². The van der Waals surface area contributed by atoms with E-state index in [1.807, 2.05) is 25.1 Å². The molecule has 2 amide bonds. The van der Waals surface area contributed by atoms with E-state index in [4.69, 9.17) is 9.84 Å². The predicted octanol–water partition coefficient (Wildman–Crippen LogP) is 1.32. The minimum atomic E-state index is -1.13. The lowest BCUT2D eigenvalue weighted by molar-refractivity contribution is -0.144. The van der Waals surface area contributed by atoms with Gasteiger partial charge in [-0.05, 0) is 18.1 Å². The van der Waals surface area contributed by atoms with Crippen LogP contribution in [0.2, 0.25) is 0 Å². The third-order valence-electron chi connectivity index (χ3n) is 3.79. The van der Waals surface area contributed by atoms with E-state index in [-0.39, 0.29) is 25.5 Å². The van der Waals surface area contributed by atoms with Gasteiger partial charge in [0.1, 0.15) is 25.5 Å². The van der Waals surface area contributed by atoms with Gasteiger partial charge in [0, 0.05) is 12.7 Å². The standard InChI is InChI=1S/C19H22N4O6/c1-2-9-22(12-17(25)26)16(24)11-23-10-8-15(20-18(23)27)21-19(28)29-13-14-6-4-3-5-7-14/h3-8,10H,2,9,11-13H2,1H3,(H,25,26)(H,20,21,27,28). The van der Waals surface area contributed by atoms with Crippen molar-refractivity contribution in [2.45, 2.75) is 26.5 Å². The highest BCUT2D eigenvalue weighted by molar-refractivity contribution is 5.83. The van der Waals surface area contributed by atoms with Gasteiger partial charge in [0.2, 0.25) is 5.91 Å². The second-order valence-corrected chi connectivity index (χ2v) is 6.12. The zero-order valence-electron chi connectivity index (χ0n) is 15.9. The molecule has 2 N–H and O–H groups in total. The average molecular weight is 402 g/mol. The first-order chi connectivity index (χ1) is 13.9. The highest BCUT2D eigenvalue weighted by Crippen LogP contribution is 2.04. The summed E-state index contributed by atoms with van der Waals surface area (Å²) in [6.07, 6.45) is 1.11. The van der Waals surface area contributed by atoms with E-state index in [0.717, 1.165) is 15.0 Å². The Balaban J connectivity index is 1.95. The molecule has 1 aromatic carbocycles. The maximum atomic E-state index is 12.3. The summed E-state index contributed by atoms with van der Waals surface area (Å²) in [5.41, 5.74) is 0.0496. The average Bonchev–Trinajstić information content (AvgIpc) is 2.68. The Kier molecular flexibility index (Phi) is 7.89. The first-order valence-corrected chi connectivity index (χ1v) is 8.93. The van der Waals surface area contributed by atoms with E-state index < -0.39 is 30.2 Å². The number of hydrogen-bond acceptors (Lipinski definition) is 6. The zero-order chi connectivity index (χ0) is 21.2. The summed E-state index contributed by atoms with van der Waals surface area (Å²) in [5.74, 6) is -1.67.